The van der Waals surface area contributed by atoms with E-state index in [1.54, 1.807) is 4.90 Å². The largest absolute Gasteiger partial charge is 0.872 e. The summed E-state index contributed by atoms with van der Waals surface area (Å²) in [5, 5.41) is 40.8. The number of carbonyl (C=O) groups excluding carboxylic acids is 1. The fourth-order valence-electron chi connectivity index (χ4n) is 4.58. The molecule has 3 N–H and O–H groups in total. The Kier molecular flexibility index (Phi) is 6.10. The Bertz CT molecular complexity index is 902. The zero-order valence-electron chi connectivity index (χ0n) is 18.3. The van der Waals surface area contributed by atoms with E-state index in [4.69, 9.17) is 9.47 Å². The van der Waals surface area contributed by atoms with Crippen molar-refractivity contribution >= 4 is 19.0 Å². The van der Waals surface area contributed by atoms with E-state index in [0.29, 0.717) is 32.5 Å². The van der Waals surface area contributed by atoms with Crippen LogP contribution >= 0.6 is 0 Å². The Morgan fingerprint density at radius 3 is 2.62 bits per heavy atom. The van der Waals surface area contributed by atoms with Gasteiger partial charge in [-0.15, -0.1) is 0 Å². The summed E-state index contributed by atoms with van der Waals surface area (Å²) in [5.74, 6) is -2.93. The number of hydrogen-bond donors (Lipinski definition) is 3. The molecule has 0 aromatic heterocycles. The van der Waals surface area contributed by atoms with Crippen LogP contribution in [0.3, 0.4) is 0 Å². The molecule has 2 aliphatic heterocycles. The predicted octanol–water partition coefficient (Wildman–Crippen LogP) is -0.756. The highest BCUT2D eigenvalue weighted by Crippen LogP contribution is 2.56. The number of carboxylic acids is 1. The lowest BCUT2D eigenvalue weighted by molar-refractivity contribution is -0.901. The second-order valence-electron chi connectivity index (χ2n) is 9.66. The maximum Gasteiger partial charge on any atom is 0.455 e. The molecule has 3 aliphatic rings. The number of morpholine rings is 1. The van der Waals surface area contributed by atoms with Gasteiger partial charge in [0.2, 0.25) is 5.91 Å². The number of carbonyl (C=O) groups is 2. The summed E-state index contributed by atoms with van der Waals surface area (Å²) in [4.78, 5) is 25.9. The second kappa shape index (κ2) is 8.55. The van der Waals surface area contributed by atoms with Gasteiger partial charge in [0, 0.05) is 5.82 Å². The number of rotatable bonds is 7. The van der Waals surface area contributed by atoms with Gasteiger partial charge in [-0.3, -0.25) is 4.79 Å². The monoisotopic (exact) mass is 448 g/mol. The molecular formula is C21H29BN2O8. The lowest BCUT2D eigenvalue weighted by atomic mass is 9.81. The highest BCUT2D eigenvalue weighted by Gasteiger charge is 2.47. The standard InChI is InChI=1S/C21H29BN2O8/c1-24(2)5-6-31-12(11-24)7-18(25)23-9-13(10-23)32-17-4-3-14(15-8-16(15)22(29)30)20(26)19(17)21(27)28/h3-4,12-13,15-16,29-30H,5-11H2,1-2H3,(H-,26,27,28)/t12-,15-,16-/m1/s1. The molecule has 3 atom stereocenters. The average molecular weight is 448 g/mol. The van der Waals surface area contributed by atoms with Crippen LogP contribution in [0.25, 0.3) is 0 Å². The molecule has 0 unspecified atom stereocenters. The Labute approximate surface area is 186 Å². The van der Waals surface area contributed by atoms with E-state index in [2.05, 4.69) is 14.1 Å². The molecule has 1 saturated carbocycles. The third-order valence-corrected chi connectivity index (χ3v) is 6.63. The van der Waals surface area contributed by atoms with Crippen molar-refractivity contribution < 1.29 is 43.8 Å². The van der Waals surface area contributed by atoms with Gasteiger partial charge in [-0.05, 0) is 18.4 Å². The van der Waals surface area contributed by atoms with Crippen LogP contribution in [0.15, 0.2) is 12.1 Å². The van der Waals surface area contributed by atoms with Crippen molar-refractivity contribution in [1.82, 2.24) is 4.90 Å². The van der Waals surface area contributed by atoms with Gasteiger partial charge in [0.25, 0.3) is 0 Å². The van der Waals surface area contributed by atoms with Crippen LogP contribution in [0.4, 0.5) is 0 Å². The summed E-state index contributed by atoms with van der Waals surface area (Å²) < 4.78 is 12.3. The van der Waals surface area contributed by atoms with Gasteiger partial charge in [-0.1, -0.05) is 17.4 Å². The van der Waals surface area contributed by atoms with Crippen molar-refractivity contribution in [2.45, 2.75) is 36.8 Å². The van der Waals surface area contributed by atoms with Crippen molar-refractivity contribution in [3.8, 4) is 11.5 Å². The molecule has 10 nitrogen and oxygen atoms in total. The van der Waals surface area contributed by atoms with E-state index < -0.39 is 36.3 Å². The lowest BCUT2D eigenvalue weighted by Crippen LogP contribution is -2.58. The third kappa shape index (κ3) is 4.70. The Morgan fingerprint density at radius 2 is 2.03 bits per heavy atom. The molecule has 2 saturated heterocycles. The number of likely N-dealkylation sites (tertiary alicyclic amines) is 1. The van der Waals surface area contributed by atoms with Crippen LogP contribution in [0.5, 0.6) is 11.5 Å². The predicted molar refractivity (Wildman–Crippen MR) is 111 cm³/mol. The molecule has 4 rings (SSSR count). The number of aromatic carboxylic acids is 1. The van der Waals surface area contributed by atoms with Crippen molar-refractivity contribution in [3.63, 3.8) is 0 Å². The van der Waals surface area contributed by atoms with E-state index >= 15 is 0 Å². The highest BCUT2D eigenvalue weighted by atomic mass is 16.5. The van der Waals surface area contributed by atoms with Gasteiger partial charge in [-0.25, -0.2) is 4.79 Å². The number of quaternary nitrogens is 1. The maximum atomic E-state index is 12.7. The van der Waals surface area contributed by atoms with Crippen LogP contribution in [0.2, 0.25) is 5.82 Å². The number of ether oxygens (including phenoxy) is 2. The lowest BCUT2D eigenvalue weighted by Gasteiger charge is -2.41. The number of carboxylic acid groups (broad SMARTS) is 1. The minimum atomic E-state index is -1.54. The molecule has 32 heavy (non-hydrogen) atoms. The molecular weight excluding hydrogens is 419 g/mol. The fraction of sp³-hybridized carbons (Fsp3) is 0.619. The van der Waals surface area contributed by atoms with Gasteiger partial charge in [0.1, 0.15) is 31.0 Å². The zero-order valence-corrected chi connectivity index (χ0v) is 18.3. The van der Waals surface area contributed by atoms with Crippen LogP contribution in [-0.4, -0.2) is 103 Å². The summed E-state index contributed by atoms with van der Waals surface area (Å²) >= 11 is 0. The number of amides is 1. The maximum absolute atomic E-state index is 12.7. The van der Waals surface area contributed by atoms with E-state index in [0.717, 1.165) is 17.6 Å². The van der Waals surface area contributed by atoms with Crippen molar-refractivity contribution in [1.29, 1.82) is 0 Å². The first-order valence-electron chi connectivity index (χ1n) is 10.9. The minimum absolute atomic E-state index is 0.0280. The normalized spacial score (nSPS) is 26.9. The molecule has 1 aliphatic carbocycles. The second-order valence-corrected chi connectivity index (χ2v) is 9.66. The van der Waals surface area contributed by atoms with E-state index in [1.165, 1.54) is 12.1 Å². The topological polar surface area (TPSA) is 140 Å². The summed E-state index contributed by atoms with van der Waals surface area (Å²) in [5.41, 5.74) is -0.201. The summed E-state index contributed by atoms with van der Waals surface area (Å²) in [6.07, 6.45) is 0.207. The molecule has 0 bridgehead atoms. The molecule has 0 spiro atoms. The number of likely N-dealkylation sites (N-methyl/N-ethyl adjacent to an activating group) is 1. The first-order valence-corrected chi connectivity index (χ1v) is 10.9. The first-order chi connectivity index (χ1) is 15.1. The van der Waals surface area contributed by atoms with Crippen LogP contribution < -0.4 is 9.84 Å². The van der Waals surface area contributed by atoms with Crippen molar-refractivity contribution in [2.75, 3.05) is 46.9 Å². The number of nitrogens with zero attached hydrogens (tertiary/aromatic N) is 2. The zero-order chi connectivity index (χ0) is 23.2. The minimum Gasteiger partial charge on any atom is -0.872 e. The Morgan fingerprint density at radius 1 is 1.31 bits per heavy atom. The van der Waals surface area contributed by atoms with E-state index in [-0.39, 0.29) is 29.2 Å². The quantitative estimate of drug-likeness (QED) is 0.366. The SMILES string of the molecule is C[N+]1(C)CCO[C@H](CC(=O)N2CC(Oc3ccc([C@H]4C[C@H]4B(O)O)c([O-])c3C(=O)O)C2)C1. The van der Waals surface area contributed by atoms with E-state index in [9.17, 15) is 29.9 Å². The first kappa shape index (κ1) is 22.8. The fourth-order valence-corrected chi connectivity index (χ4v) is 4.58. The smallest absolute Gasteiger partial charge is 0.455 e. The molecule has 1 aromatic rings. The summed E-state index contributed by atoms with van der Waals surface area (Å²) in [6.45, 7) is 2.95. The Balaban J connectivity index is 1.35. The highest BCUT2D eigenvalue weighted by molar-refractivity contribution is 6.44. The number of benzene rings is 1. The molecule has 1 amide bonds. The molecule has 174 valence electrons. The van der Waals surface area contributed by atoms with Crippen molar-refractivity contribution in [3.05, 3.63) is 23.3 Å². The molecule has 11 heteroatoms. The van der Waals surface area contributed by atoms with Gasteiger partial charge >= 0.3 is 13.1 Å². The molecule has 0 radical (unpaired) electrons. The van der Waals surface area contributed by atoms with Gasteiger partial charge in [-0.2, -0.15) is 0 Å². The van der Waals surface area contributed by atoms with Gasteiger partial charge in [0.15, 0.2) is 0 Å². The molecule has 3 fully saturated rings. The van der Waals surface area contributed by atoms with Crippen LogP contribution in [-0.2, 0) is 9.53 Å². The van der Waals surface area contributed by atoms with Crippen molar-refractivity contribution in [2.24, 2.45) is 0 Å². The summed E-state index contributed by atoms with van der Waals surface area (Å²) in [7, 11) is 2.68. The molecule has 2 heterocycles. The van der Waals surface area contributed by atoms with E-state index in [1.807, 2.05) is 0 Å². The Hall–Kier alpha value is -2.34. The average Bonchev–Trinajstić information content (AvgIpc) is 3.43. The van der Waals surface area contributed by atoms with Gasteiger partial charge < -0.3 is 39.1 Å². The molecule has 1 aromatic carbocycles. The van der Waals surface area contributed by atoms with Crippen LogP contribution in [0.1, 0.15) is 34.7 Å². The number of hydrogen-bond acceptors (Lipinski definition) is 7. The third-order valence-electron chi connectivity index (χ3n) is 6.63. The van der Waals surface area contributed by atoms with Gasteiger partial charge in [0.05, 0.1) is 45.8 Å². The van der Waals surface area contributed by atoms with Crippen LogP contribution in [0, 0.1) is 0 Å². The summed E-state index contributed by atoms with van der Waals surface area (Å²) in [6, 6.07) is 2.94.